The average molecular weight is 507 g/mol. The van der Waals surface area contributed by atoms with Gasteiger partial charge < -0.3 is 10.0 Å². The summed E-state index contributed by atoms with van der Waals surface area (Å²) >= 11 is 1.09. The maximum absolute atomic E-state index is 14.1. The van der Waals surface area contributed by atoms with Crippen molar-refractivity contribution in [1.82, 2.24) is 5.32 Å². The number of terminal acetylenes is 1. The molecule has 0 saturated carbocycles. The summed E-state index contributed by atoms with van der Waals surface area (Å²) in [7, 11) is 0. The van der Waals surface area contributed by atoms with E-state index in [1.807, 2.05) is 74.5 Å². The van der Waals surface area contributed by atoms with E-state index in [2.05, 4.69) is 16.0 Å². The molecule has 2 nitrogen and oxygen atoms in total. The van der Waals surface area contributed by atoms with Gasteiger partial charge in [0.1, 0.15) is 11.6 Å². The van der Waals surface area contributed by atoms with Crippen LogP contribution in [0.3, 0.4) is 0 Å². The van der Waals surface area contributed by atoms with E-state index in [9.17, 15) is 13.2 Å². The predicted octanol–water partition coefficient (Wildman–Crippen LogP) is 8.08. The summed E-state index contributed by atoms with van der Waals surface area (Å²) < 4.78 is 44.0. The first kappa shape index (κ1) is 27.0. The minimum atomic E-state index is -1.35. The summed E-state index contributed by atoms with van der Waals surface area (Å²) in [6.07, 6.45) is 7.81. The number of hydrogen-bond donors (Lipinski definition) is 2. The van der Waals surface area contributed by atoms with Gasteiger partial charge >= 0.3 is 0 Å². The van der Waals surface area contributed by atoms with Gasteiger partial charge in [-0.2, -0.15) is 0 Å². The van der Waals surface area contributed by atoms with Crippen molar-refractivity contribution in [1.29, 1.82) is 0 Å². The lowest BCUT2D eigenvalue weighted by Crippen LogP contribution is -2.11. The van der Waals surface area contributed by atoms with Crippen molar-refractivity contribution in [3.8, 4) is 12.3 Å². The second kappa shape index (κ2) is 12.9. The van der Waals surface area contributed by atoms with Crippen LogP contribution < -0.4 is 10.0 Å². The predicted molar refractivity (Wildman–Crippen MR) is 145 cm³/mol. The number of allylic oxidation sites excluding steroid dienone is 4. The Bertz CT molecular complexity index is 1280. The van der Waals surface area contributed by atoms with Crippen LogP contribution in [0.5, 0.6) is 0 Å². The molecular formula is C30H29F3N2S. The van der Waals surface area contributed by atoms with E-state index in [4.69, 9.17) is 6.42 Å². The fourth-order valence-electron chi connectivity index (χ4n) is 3.52. The summed E-state index contributed by atoms with van der Waals surface area (Å²) in [5.74, 6) is 0.545. The molecule has 0 amide bonds. The molecule has 6 heteroatoms. The molecule has 0 bridgehead atoms. The summed E-state index contributed by atoms with van der Waals surface area (Å²) in [4.78, 5) is 0.316. The van der Waals surface area contributed by atoms with Gasteiger partial charge in [-0.1, -0.05) is 55.3 Å². The van der Waals surface area contributed by atoms with Crippen LogP contribution in [0.15, 0.2) is 89.5 Å². The second-order valence-electron chi connectivity index (χ2n) is 8.52. The zero-order valence-corrected chi connectivity index (χ0v) is 21.3. The molecule has 0 aliphatic heterocycles. The van der Waals surface area contributed by atoms with Crippen molar-refractivity contribution in [3.05, 3.63) is 113 Å². The van der Waals surface area contributed by atoms with Crippen LogP contribution >= 0.6 is 11.9 Å². The van der Waals surface area contributed by atoms with Gasteiger partial charge in [0.2, 0.25) is 0 Å². The molecule has 0 spiro atoms. The molecule has 0 radical (unpaired) electrons. The zero-order chi connectivity index (χ0) is 26.1. The standard InChI is InChI=1S/C30H29F3N2S/c1-5-28(32)21(3)16-24(27-9-7-6-8-20(27)2)17-22(4)34-19-23-10-13-26(14-11-23)35-36-30-15-12-25(31)18-29(30)33/h1,6-18,21,28,34-35H,19H2,2-4H3/b22-17+,24-16+. The van der Waals surface area contributed by atoms with Gasteiger partial charge in [0, 0.05) is 29.9 Å². The Morgan fingerprint density at radius 3 is 2.47 bits per heavy atom. The minimum Gasteiger partial charge on any atom is -0.384 e. The van der Waals surface area contributed by atoms with E-state index in [1.165, 1.54) is 12.1 Å². The molecule has 3 aromatic rings. The molecule has 186 valence electrons. The molecule has 0 aromatic heterocycles. The topological polar surface area (TPSA) is 24.1 Å². The van der Waals surface area contributed by atoms with Gasteiger partial charge in [-0.25, -0.2) is 13.2 Å². The molecule has 3 rings (SSSR count). The van der Waals surface area contributed by atoms with E-state index in [0.29, 0.717) is 11.4 Å². The number of nitrogens with one attached hydrogen (secondary N) is 2. The lowest BCUT2D eigenvalue weighted by atomic mass is 9.94. The molecule has 0 aliphatic carbocycles. The van der Waals surface area contributed by atoms with Crippen molar-refractivity contribution in [2.75, 3.05) is 4.72 Å². The van der Waals surface area contributed by atoms with Gasteiger partial charge in [-0.05, 0) is 78.4 Å². The van der Waals surface area contributed by atoms with Gasteiger partial charge in [-0.15, -0.1) is 6.42 Å². The number of alkyl halides is 1. The number of halogens is 3. The minimum absolute atomic E-state index is 0.316. The Hall–Kier alpha value is -3.56. The Balaban J connectivity index is 1.65. The smallest absolute Gasteiger partial charge is 0.166 e. The van der Waals surface area contributed by atoms with Crippen LogP contribution in [0, 0.1) is 36.8 Å². The first-order valence-corrected chi connectivity index (χ1v) is 12.4. The van der Waals surface area contributed by atoms with Gasteiger partial charge in [0.05, 0.1) is 4.90 Å². The highest BCUT2D eigenvalue weighted by Crippen LogP contribution is 2.26. The first-order valence-electron chi connectivity index (χ1n) is 11.5. The Morgan fingerprint density at radius 2 is 1.81 bits per heavy atom. The van der Waals surface area contributed by atoms with Crippen LogP contribution in [0.2, 0.25) is 0 Å². The molecule has 3 aromatic carbocycles. The van der Waals surface area contributed by atoms with Crippen LogP contribution in [0.25, 0.3) is 5.57 Å². The molecular weight excluding hydrogens is 477 g/mol. The Morgan fingerprint density at radius 1 is 1.08 bits per heavy atom. The molecule has 0 saturated heterocycles. The number of rotatable bonds is 10. The lowest BCUT2D eigenvalue weighted by molar-refractivity contribution is 0.349. The van der Waals surface area contributed by atoms with Crippen molar-refractivity contribution in [3.63, 3.8) is 0 Å². The number of anilines is 1. The van der Waals surface area contributed by atoms with Crippen LogP contribution in [0.4, 0.5) is 18.9 Å². The monoisotopic (exact) mass is 506 g/mol. The third kappa shape index (κ3) is 7.73. The number of hydrogen-bond acceptors (Lipinski definition) is 3. The van der Waals surface area contributed by atoms with Crippen LogP contribution in [-0.2, 0) is 6.54 Å². The highest BCUT2D eigenvalue weighted by Gasteiger charge is 2.13. The zero-order valence-electron chi connectivity index (χ0n) is 20.5. The van der Waals surface area contributed by atoms with E-state index in [-0.39, 0.29) is 0 Å². The van der Waals surface area contributed by atoms with Crippen molar-refractivity contribution in [2.45, 2.75) is 38.4 Å². The lowest BCUT2D eigenvalue weighted by Gasteiger charge is -2.14. The molecule has 36 heavy (non-hydrogen) atoms. The summed E-state index contributed by atoms with van der Waals surface area (Å²) in [5, 5.41) is 3.40. The normalized spacial score (nSPS) is 13.6. The van der Waals surface area contributed by atoms with Gasteiger partial charge in [-0.3, -0.25) is 0 Å². The van der Waals surface area contributed by atoms with Crippen molar-refractivity contribution < 1.29 is 13.2 Å². The third-order valence-electron chi connectivity index (χ3n) is 5.59. The SMILES string of the molecule is C#CC(F)C(C)/C=C(\C=C(/C)NCc1ccc(NSc2ccc(F)cc2F)cc1)c1ccccc1C. The average Bonchev–Trinajstić information content (AvgIpc) is 2.87. The molecule has 2 unspecified atom stereocenters. The molecule has 0 heterocycles. The molecule has 0 aliphatic rings. The fraction of sp³-hybridized carbons (Fsp3) is 0.200. The van der Waals surface area contributed by atoms with E-state index >= 15 is 0 Å². The molecule has 2 atom stereocenters. The second-order valence-corrected chi connectivity index (χ2v) is 9.37. The van der Waals surface area contributed by atoms with Gasteiger partial charge in [0.25, 0.3) is 0 Å². The van der Waals surface area contributed by atoms with E-state index in [0.717, 1.165) is 51.7 Å². The van der Waals surface area contributed by atoms with Crippen molar-refractivity contribution in [2.24, 2.45) is 5.92 Å². The molecule has 2 N–H and O–H groups in total. The number of benzene rings is 3. The van der Waals surface area contributed by atoms with E-state index < -0.39 is 23.7 Å². The number of aryl methyl sites for hydroxylation is 1. The van der Waals surface area contributed by atoms with E-state index in [1.54, 1.807) is 6.92 Å². The Labute approximate surface area is 215 Å². The largest absolute Gasteiger partial charge is 0.384 e. The quantitative estimate of drug-likeness (QED) is 0.165. The maximum Gasteiger partial charge on any atom is 0.166 e. The summed E-state index contributed by atoms with van der Waals surface area (Å²) in [6.45, 7) is 6.36. The maximum atomic E-state index is 14.1. The third-order valence-corrected chi connectivity index (χ3v) is 6.48. The van der Waals surface area contributed by atoms with Crippen LogP contribution in [-0.4, -0.2) is 6.17 Å². The van der Waals surface area contributed by atoms with Crippen molar-refractivity contribution >= 4 is 23.2 Å². The van der Waals surface area contributed by atoms with Gasteiger partial charge in [0.15, 0.2) is 6.17 Å². The van der Waals surface area contributed by atoms with Crippen LogP contribution in [0.1, 0.15) is 30.5 Å². The summed E-state index contributed by atoms with van der Waals surface area (Å²) in [6, 6.07) is 19.2. The fourth-order valence-corrected chi connectivity index (χ4v) is 4.18. The Kier molecular flexibility index (Phi) is 9.72. The molecule has 0 fully saturated rings. The first-order chi connectivity index (χ1) is 17.3. The highest BCUT2D eigenvalue weighted by atomic mass is 32.2. The highest BCUT2D eigenvalue weighted by molar-refractivity contribution is 8.00. The summed E-state index contributed by atoms with van der Waals surface area (Å²) in [5.41, 5.74) is 5.81.